The highest BCUT2D eigenvalue weighted by Gasteiger charge is 2.27. The summed E-state index contributed by atoms with van der Waals surface area (Å²) < 4.78 is 5.46. The van der Waals surface area contributed by atoms with Crippen molar-refractivity contribution in [1.82, 2.24) is 0 Å². The molecule has 0 aromatic heterocycles. The van der Waals surface area contributed by atoms with Crippen LogP contribution in [-0.2, 0) is 4.28 Å². The molecule has 1 heterocycles. The molecule has 21 heavy (non-hydrogen) atoms. The van der Waals surface area contributed by atoms with Gasteiger partial charge in [-0.2, -0.15) is 0 Å². The fraction of sp³-hybridized carbons (Fsp3) is 0.188. The van der Waals surface area contributed by atoms with E-state index in [-0.39, 0.29) is 5.25 Å². The van der Waals surface area contributed by atoms with E-state index in [0.29, 0.717) is 0 Å². The molecule has 0 spiro atoms. The Morgan fingerprint density at radius 3 is 2.71 bits per heavy atom. The van der Waals surface area contributed by atoms with Gasteiger partial charge >= 0.3 is 0 Å². The largest absolute Gasteiger partial charge is 0.317 e. The molecule has 1 aliphatic heterocycles. The van der Waals surface area contributed by atoms with Gasteiger partial charge in [0, 0.05) is 15.5 Å². The van der Waals surface area contributed by atoms with E-state index in [2.05, 4.69) is 31.1 Å². The van der Waals surface area contributed by atoms with Crippen LogP contribution in [0.1, 0.15) is 18.1 Å². The molecule has 0 amide bonds. The lowest BCUT2D eigenvalue weighted by atomic mass is 10.1. The Morgan fingerprint density at radius 2 is 1.95 bits per heavy atom. The number of hydrogen-bond acceptors (Lipinski definition) is 4. The van der Waals surface area contributed by atoms with E-state index in [1.54, 1.807) is 11.8 Å². The molecule has 0 saturated carbocycles. The first kappa shape index (κ1) is 14.8. The Hall–Kier alpha value is -1.10. The summed E-state index contributed by atoms with van der Waals surface area (Å²) in [5.41, 5.74) is 3.25. The summed E-state index contributed by atoms with van der Waals surface area (Å²) in [5, 5.41) is 5.30. The Bertz CT molecular complexity index is 685. The molecule has 2 aromatic carbocycles. The Morgan fingerprint density at radius 1 is 1.19 bits per heavy atom. The van der Waals surface area contributed by atoms with Crippen molar-refractivity contribution >= 4 is 41.1 Å². The van der Waals surface area contributed by atoms with Gasteiger partial charge in [-0.15, -0.1) is 11.8 Å². The van der Waals surface area contributed by atoms with E-state index < -0.39 is 0 Å². The zero-order valence-electron chi connectivity index (χ0n) is 11.7. The lowest BCUT2D eigenvalue weighted by Gasteiger charge is -2.04. The predicted molar refractivity (Wildman–Crippen MR) is 91.4 cm³/mol. The van der Waals surface area contributed by atoms with Gasteiger partial charge in [0.2, 0.25) is 0 Å². The van der Waals surface area contributed by atoms with Crippen LogP contribution in [0.3, 0.4) is 0 Å². The molecule has 3 rings (SSSR count). The van der Waals surface area contributed by atoms with Crippen molar-refractivity contribution in [1.29, 1.82) is 0 Å². The van der Waals surface area contributed by atoms with Crippen molar-refractivity contribution < 1.29 is 4.28 Å². The van der Waals surface area contributed by atoms with E-state index >= 15 is 0 Å². The first-order valence-electron chi connectivity index (χ1n) is 6.58. The van der Waals surface area contributed by atoms with Gasteiger partial charge in [0.25, 0.3) is 0 Å². The molecule has 108 valence electrons. The van der Waals surface area contributed by atoms with E-state index in [9.17, 15) is 0 Å². The molecule has 5 heteroatoms. The van der Waals surface area contributed by atoms with Gasteiger partial charge in [0.05, 0.1) is 10.1 Å². The number of benzene rings is 2. The van der Waals surface area contributed by atoms with Gasteiger partial charge in [0.15, 0.2) is 0 Å². The summed E-state index contributed by atoms with van der Waals surface area (Å²) in [6, 6.07) is 14.1. The number of nitrogens with zero attached hydrogens (tertiary/aromatic N) is 1. The second kappa shape index (κ2) is 6.34. The van der Waals surface area contributed by atoms with Crippen LogP contribution in [0, 0.1) is 6.92 Å². The predicted octanol–water partition coefficient (Wildman–Crippen LogP) is 5.57. The highest BCUT2D eigenvalue weighted by atomic mass is 35.5. The minimum absolute atomic E-state index is 0.275. The molecule has 0 fully saturated rings. The maximum atomic E-state index is 6.07. The molecule has 0 saturated heterocycles. The second-order valence-electron chi connectivity index (χ2n) is 4.85. The van der Waals surface area contributed by atoms with Crippen LogP contribution in [0.4, 0.5) is 0 Å². The van der Waals surface area contributed by atoms with Crippen molar-refractivity contribution in [2.75, 3.05) is 0 Å². The highest BCUT2D eigenvalue weighted by Crippen LogP contribution is 2.38. The fourth-order valence-electron chi connectivity index (χ4n) is 2.09. The van der Waals surface area contributed by atoms with E-state index in [1.807, 2.05) is 30.3 Å². The summed E-state index contributed by atoms with van der Waals surface area (Å²) in [5.74, 6) is 0. The normalized spacial score (nSPS) is 18.8. The number of aryl methyl sites for hydroxylation is 1. The summed E-state index contributed by atoms with van der Waals surface area (Å²) in [6.45, 7) is 4.19. The Balaban J connectivity index is 1.75. The van der Waals surface area contributed by atoms with Gasteiger partial charge in [-0.1, -0.05) is 34.5 Å². The number of halogens is 1. The number of thioether (sulfide) groups is 1. The molecule has 1 aliphatic rings. The van der Waals surface area contributed by atoms with Crippen LogP contribution in [0.5, 0.6) is 0 Å². The third-order valence-electron chi connectivity index (χ3n) is 3.20. The molecular weight excluding hydrogens is 322 g/mol. The van der Waals surface area contributed by atoms with Crippen LogP contribution >= 0.6 is 35.4 Å². The average molecular weight is 336 g/mol. The molecule has 2 aromatic rings. The zero-order chi connectivity index (χ0) is 14.8. The molecule has 1 unspecified atom stereocenters. The van der Waals surface area contributed by atoms with Gasteiger partial charge in [-0.05, 0) is 44.2 Å². The van der Waals surface area contributed by atoms with Crippen LogP contribution in [0.2, 0.25) is 5.02 Å². The molecule has 0 aliphatic carbocycles. The maximum absolute atomic E-state index is 6.07. The summed E-state index contributed by atoms with van der Waals surface area (Å²) in [7, 11) is 0. The third-order valence-corrected chi connectivity index (χ3v) is 5.23. The summed E-state index contributed by atoms with van der Waals surface area (Å²) in [6.07, 6.45) is 0. The topological polar surface area (TPSA) is 21.6 Å². The number of oxime groups is 1. The first-order valence-corrected chi connectivity index (χ1v) is 8.58. The van der Waals surface area contributed by atoms with E-state index in [1.165, 1.54) is 22.5 Å². The zero-order valence-corrected chi connectivity index (χ0v) is 14.1. The van der Waals surface area contributed by atoms with E-state index in [4.69, 9.17) is 15.9 Å². The van der Waals surface area contributed by atoms with Crippen molar-refractivity contribution in [2.45, 2.75) is 28.9 Å². The fourth-order valence-corrected chi connectivity index (χ4v) is 3.81. The van der Waals surface area contributed by atoms with Crippen molar-refractivity contribution in [3.63, 3.8) is 0 Å². The number of rotatable bonds is 3. The number of fused-ring (bicyclic) bond motifs is 1. The van der Waals surface area contributed by atoms with Crippen molar-refractivity contribution in [3.05, 3.63) is 58.6 Å². The van der Waals surface area contributed by atoms with Crippen LogP contribution in [-0.4, -0.2) is 11.0 Å². The minimum atomic E-state index is 0.275. The summed E-state index contributed by atoms with van der Waals surface area (Å²) in [4.78, 5) is 2.24. The van der Waals surface area contributed by atoms with Gasteiger partial charge < -0.3 is 4.28 Å². The van der Waals surface area contributed by atoms with Crippen LogP contribution in [0.15, 0.2) is 57.4 Å². The average Bonchev–Trinajstić information content (AvgIpc) is 2.77. The third kappa shape index (κ3) is 3.39. The standard InChI is InChI=1S/C16H14ClNOS2/c1-10-3-6-13(7-4-10)21-19-18-16-11(2)20-15-8-5-12(17)9-14(15)16/h3-9,11H,1-2H3/b18-16+. The lowest BCUT2D eigenvalue weighted by molar-refractivity contribution is 0.404. The lowest BCUT2D eigenvalue weighted by Crippen LogP contribution is -2.08. The van der Waals surface area contributed by atoms with Gasteiger partial charge in [0.1, 0.15) is 17.8 Å². The smallest absolute Gasteiger partial charge is 0.125 e. The maximum Gasteiger partial charge on any atom is 0.125 e. The molecular formula is C16H14ClNOS2. The van der Waals surface area contributed by atoms with Crippen LogP contribution in [0.25, 0.3) is 0 Å². The van der Waals surface area contributed by atoms with E-state index in [0.717, 1.165) is 21.2 Å². The SMILES string of the molecule is Cc1ccc(SO/N=C2/c3cc(Cl)ccc3SC2C)cc1. The minimum Gasteiger partial charge on any atom is -0.317 e. The quantitative estimate of drug-likeness (QED) is 0.540. The van der Waals surface area contributed by atoms with Crippen molar-refractivity contribution in [2.24, 2.45) is 5.16 Å². The second-order valence-corrected chi connectivity index (χ2v) is 7.45. The molecule has 2 nitrogen and oxygen atoms in total. The van der Waals surface area contributed by atoms with Gasteiger partial charge in [-0.3, -0.25) is 0 Å². The first-order chi connectivity index (χ1) is 10.1. The molecule has 0 radical (unpaired) electrons. The Kier molecular flexibility index (Phi) is 4.48. The highest BCUT2D eigenvalue weighted by molar-refractivity contribution is 8.01. The molecule has 0 N–H and O–H groups in total. The van der Waals surface area contributed by atoms with Crippen LogP contribution < -0.4 is 0 Å². The van der Waals surface area contributed by atoms with Gasteiger partial charge in [-0.25, -0.2) is 0 Å². The van der Waals surface area contributed by atoms with Crippen molar-refractivity contribution in [3.8, 4) is 0 Å². The number of hydrogen-bond donors (Lipinski definition) is 0. The molecule has 1 atom stereocenters. The molecule has 0 bridgehead atoms. The monoisotopic (exact) mass is 335 g/mol. The Labute approximate surface area is 138 Å². The summed E-state index contributed by atoms with van der Waals surface area (Å²) >= 11 is 9.12.